The Bertz CT molecular complexity index is 1230. The van der Waals surface area contributed by atoms with Gasteiger partial charge in [-0.1, -0.05) is 17.8 Å². The van der Waals surface area contributed by atoms with Crippen molar-refractivity contribution in [3.8, 4) is 34.0 Å². The molecule has 7 heteroatoms. The van der Waals surface area contributed by atoms with E-state index in [2.05, 4.69) is 16.4 Å². The van der Waals surface area contributed by atoms with Gasteiger partial charge in [0.2, 0.25) is 5.91 Å². The molecule has 2 N–H and O–H groups in total. The van der Waals surface area contributed by atoms with Crippen LogP contribution in [0.25, 0.3) is 22.5 Å². The molecule has 1 unspecified atom stereocenters. The van der Waals surface area contributed by atoms with Crippen molar-refractivity contribution in [1.29, 1.82) is 0 Å². The van der Waals surface area contributed by atoms with Gasteiger partial charge in [0.15, 0.2) is 5.16 Å². The third-order valence-electron chi connectivity index (χ3n) is 5.57. The molecule has 0 bridgehead atoms. The molecule has 35 heavy (non-hydrogen) atoms. The van der Waals surface area contributed by atoms with Gasteiger partial charge in [0.1, 0.15) is 11.5 Å². The molecule has 0 saturated carbocycles. The van der Waals surface area contributed by atoms with Crippen LogP contribution in [0.1, 0.15) is 18.1 Å². The largest absolute Gasteiger partial charge is 0.497 e. The van der Waals surface area contributed by atoms with Gasteiger partial charge in [-0.3, -0.25) is 4.79 Å². The number of ether oxygens (including phenoxy) is 2. The number of benzene rings is 3. The number of aromatic nitrogens is 2. The maximum absolute atomic E-state index is 12.9. The Balaban J connectivity index is 1.61. The summed E-state index contributed by atoms with van der Waals surface area (Å²) in [6.45, 7) is 5.92. The third-order valence-corrected chi connectivity index (χ3v) is 6.56. The molecule has 1 amide bonds. The molecule has 0 aliphatic carbocycles. The highest BCUT2D eigenvalue weighted by Gasteiger charge is 2.20. The average molecular weight is 488 g/mol. The summed E-state index contributed by atoms with van der Waals surface area (Å²) in [6, 6.07) is 21.6. The summed E-state index contributed by atoms with van der Waals surface area (Å²) in [4.78, 5) is 21.2. The Kier molecular flexibility index (Phi) is 7.46. The molecule has 0 radical (unpaired) electrons. The zero-order chi connectivity index (χ0) is 24.9. The SMILES string of the molecule is COc1ccc(-c2nc(SC(C)C(=O)Nc3cc(C)cc(C)c3)[nH]c2-c2ccc(OC)cc2)cc1. The molecule has 0 aliphatic heterocycles. The Morgan fingerprint density at radius 1 is 0.886 bits per heavy atom. The third kappa shape index (κ3) is 5.87. The van der Waals surface area contributed by atoms with E-state index in [1.54, 1.807) is 14.2 Å². The number of carbonyl (C=O) groups is 1. The molecule has 1 aromatic heterocycles. The number of hydrogen-bond acceptors (Lipinski definition) is 5. The van der Waals surface area contributed by atoms with Crippen LogP contribution in [0, 0.1) is 13.8 Å². The van der Waals surface area contributed by atoms with Crippen LogP contribution < -0.4 is 14.8 Å². The number of anilines is 1. The fourth-order valence-corrected chi connectivity index (χ4v) is 4.65. The van der Waals surface area contributed by atoms with E-state index in [1.165, 1.54) is 11.8 Å². The van der Waals surface area contributed by atoms with Crippen molar-refractivity contribution in [2.24, 2.45) is 0 Å². The Morgan fingerprint density at radius 2 is 1.43 bits per heavy atom. The smallest absolute Gasteiger partial charge is 0.237 e. The lowest BCUT2D eigenvalue weighted by Gasteiger charge is -2.12. The standard InChI is InChI=1S/C28H29N3O3S/c1-17-14-18(2)16-22(15-17)29-27(32)19(3)35-28-30-25(20-6-10-23(33-4)11-7-20)26(31-28)21-8-12-24(34-5)13-9-21/h6-16,19H,1-5H3,(H,29,32)(H,30,31). The fraction of sp³-hybridized carbons (Fsp3) is 0.214. The van der Waals surface area contributed by atoms with E-state index in [4.69, 9.17) is 14.5 Å². The van der Waals surface area contributed by atoms with Gasteiger partial charge in [-0.25, -0.2) is 4.98 Å². The molecule has 1 atom stereocenters. The van der Waals surface area contributed by atoms with Crippen LogP contribution in [0.15, 0.2) is 71.9 Å². The van der Waals surface area contributed by atoms with Crippen molar-refractivity contribution in [3.63, 3.8) is 0 Å². The quantitative estimate of drug-likeness (QED) is 0.278. The number of carbonyl (C=O) groups excluding carboxylic acids is 1. The van der Waals surface area contributed by atoms with Crippen LogP contribution in [0.4, 0.5) is 5.69 Å². The number of imidazole rings is 1. The monoisotopic (exact) mass is 487 g/mol. The number of nitrogens with one attached hydrogen (secondary N) is 2. The molecule has 0 aliphatic rings. The minimum atomic E-state index is -0.352. The predicted molar refractivity (Wildman–Crippen MR) is 142 cm³/mol. The second-order valence-corrected chi connectivity index (χ2v) is 9.68. The second-order valence-electron chi connectivity index (χ2n) is 8.35. The van der Waals surface area contributed by atoms with Crippen molar-refractivity contribution in [3.05, 3.63) is 77.9 Å². The van der Waals surface area contributed by atoms with Crippen LogP contribution >= 0.6 is 11.8 Å². The van der Waals surface area contributed by atoms with Crippen LogP contribution in [0.5, 0.6) is 11.5 Å². The lowest BCUT2D eigenvalue weighted by Crippen LogP contribution is -2.22. The first-order chi connectivity index (χ1) is 16.9. The number of nitrogens with zero attached hydrogens (tertiary/aromatic N) is 1. The second kappa shape index (κ2) is 10.7. The van der Waals surface area contributed by atoms with Crippen molar-refractivity contribution < 1.29 is 14.3 Å². The first kappa shape index (κ1) is 24.4. The van der Waals surface area contributed by atoms with Crippen molar-refractivity contribution in [1.82, 2.24) is 9.97 Å². The number of methoxy groups -OCH3 is 2. The van der Waals surface area contributed by atoms with Crippen molar-refractivity contribution in [2.45, 2.75) is 31.2 Å². The molecule has 4 rings (SSSR count). The molecular weight excluding hydrogens is 458 g/mol. The fourth-order valence-electron chi connectivity index (χ4n) is 3.84. The van der Waals surface area contributed by atoms with Crippen LogP contribution in [-0.4, -0.2) is 35.3 Å². The number of aromatic amines is 1. The van der Waals surface area contributed by atoms with E-state index in [9.17, 15) is 4.79 Å². The molecular formula is C28H29N3O3S. The lowest BCUT2D eigenvalue weighted by atomic mass is 10.0. The zero-order valence-corrected chi connectivity index (χ0v) is 21.3. The number of hydrogen-bond donors (Lipinski definition) is 2. The van der Waals surface area contributed by atoms with Gasteiger partial charge in [-0.2, -0.15) is 0 Å². The van der Waals surface area contributed by atoms with Crippen LogP contribution in [-0.2, 0) is 4.79 Å². The molecule has 3 aromatic carbocycles. The van der Waals surface area contributed by atoms with Crippen LogP contribution in [0.2, 0.25) is 0 Å². The molecule has 1 heterocycles. The van der Waals surface area contributed by atoms with Crippen LogP contribution in [0.3, 0.4) is 0 Å². The van der Waals surface area contributed by atoms with Gasteiger partial charge < -0.3 is 19.8 Å². The van der Waals surface area contributed by atoms with E-state index in [1.807, 2.05) is 81.4 Å². The van der Waals surface area contributed by atoms with Crippen molar-refractivity contribution >= 4 is 23.4 Å². The average Bonchev–Trinajstić information content (AvgIpc) is 3.27. The maximum Gasteiger partial charge on any atom is 0.237 e. The normalized spacial score (nSPS) is 11.7. The first-order valence-corrected chi connectivity index (χ1v) is 12.2. The van der Waals surface area contributed by atoms with Gasteiger partial charge in [-0.15, -0.1) is 0 Å². The Labute approximate surface area is 210 Å². The Morgan fingerprint density at radius 3 is 1.97 bits per heavy atom. The number of rotatable bonds is 8. The number of aryl methyl sites for hydroxylation is 2. The highest BCUT2D eigenvalue weighted by molar-refractivity contribution is 8.00. The summed E-state index contributed by atoms with van der Waals surface area (Å²) < 4.78 is 10.6. The van der Waals surface area contributed by atoms with E-state index >= 15 is 0 Å². The van der Waals surface area contributed by atoms with E-state index in [-0.39, 0.29) is 11.2 Å². The first-order valence-electron chi connectivity index (χ1n) is 11.3. The predicted octanol–water partition coefficient (Wildman–Crippen LogP) is 6.50. The molecule has 6 nitrogen and oxygen atoms in total. The number of amides is 1. The summed E-state index contributed by atoms with van der Waals surface area (Å²) in [5.74, 6) is 1.49. The molecule has 180 valence electrons. The lowest BCUT2D eigenvalue weighted by molar-refractivity contribution is -0.115. The van der Waals surface area contributed by atoms with Crippen molar-refractivity contribution in [2.75, 3.05) is 19.5 Å². The molecule has 0 spiro atoms. The number of thioether (sulfide) groups is 1. The van der Waals surface area contributed by atoms with Gasteiger partial charge in [-0.05, 0) is 92.6 Å². The molecule has 0 fully saturated rings. The summed E-state index contributed by atoms with van der Waals surface area (Å²) in [7, 11) is 3.29. The zero-order valence-electron chi connectivity index (χ0n) is 20.5. The van der Waals surface area contributed by atoms with Gasteiger partial charge in [0.25, 0.3) is 0 Å². The summed E-state index contributed by atoms with van der Waals surface area (Å²) in [5.41, 5.74) is 6.64. The topological polar surface area (TPSA) is 76.2 Å². The summed E-state index contributed by atoms with van der Waals surface area (Å²) in [6.07, 6.45) is 0. The highest BCUT2D eigenvalue weighted by Crippen LogP contribution is 2.35. The summed E-state index contributed by atoms with van der Waals surface area (Å²) >= 11 is 1.39. The molecule has 0 saturated heterocycles. The van der Waals surface area contributed by atoms with E-state index in [0.29, 0.717) is 5.16 Å². The van der Waals surface area contributed by atoms with Gasteiger partial charge in [0, 0.05) is 16.8 Å². The van der Waals surface area contributed by atoms with Gasteiger partial charge >= 0.3 is 0 Å². The maximum atomic E-state index is 12.9. The highest BCUT2D eigenvalue weighted by atomic mass is 32.2. The van der Waals surface area contributed by atoms with E-state index in [0.717, 1.165) is 50.8 Å². The minimum absolute atomic E-state index is 0.0756. The number of H-pyrrole nitrogens is 1. The van der Waals surface area contributed by atoms with E-state index < -0.39 is 0 Å². The summed E-state index contributed by atoms with van der Waals surface area (Å²) in [5, 5.41) is 3.34. The Hall–Kier alpha value is -3.71. The van der Waals surface area contributed by atoms with Gasteiger partial charge in [0.05, 0.1) is 30.9 Å². The minimum Gasteiger partial charge on any atom is -0.497 e. The molecule has 4 aromatic rings.